The monoisotopic (exact) mass is 1420 g/mol. The molecule has 1 rings (SSSR count). The Kier molecular flexibility index (Phi) is 41.8. The van der Waals surface area contributed by atoms with E-state index in [1.807, 2.05) is 0 Å². The van der Waals surface area contributed by atoms with Crippen LogP contribution in [0, 0.1) is 35.5 Å². The molecule has 0 radical (unpaired) electrons. The van der Waals surface area contributed by atoms with Crippen LogP contribution < -0.4 is 64.2 Å². The number of amides is 12. The summed E-state index contributed by atoms with van der Waals surface area (Å²) >= 11 is 0. The molecule has 0 unspecified atom stereocenters. The van der Waals surface area contributed by atoms with Crippen molar-refractivity contribution in [2.24, 2.45) is 41.2 Å². The van der Waals surface area contributed by atoms with Crippen molar-refractivity contribution in [1.29, 1.82) is 0 Å². The Labute approximate surface area is 587 Å². The number of nitrogens with two attached hydrogens (primary N) is 1. The van der Waals surface area contributed by atoms with Gasteiger partial charge in [0.05, 0.1) is 19.1 Å². The number of hydrogen-bond acceptors (Lipinski definition) is 18. The fourth-order valence-corrected chi connectivity index (χ4v) is 11.0. The molecule has 1 fully saturated rings. The Hall–Kier alpha value is -8.03. The van der Waals surface area contributed by atoms with E-state index in [1.54, 1.807) is 83.1 Å². The second-order valence-electron chi connectivity index (χ2n) is 28.4. The van der Waals surface area contributed by atoms with E-state index in [0.717, 1.165) is 32.6 Å². The molecule has 0 aliphatic carbocycles. The minimum Gasteiger partial charge on any atom is -0.481 e. The van der Waals surface area contributed by atoms with Crippen molar-refractivity contribution in [3.05, 3.63) is 0 Å². The van der Waals surface area contributed by atoms with Gasteiger partial charge in [-0.15, -0.1) is 0 Å². The molecule has 0 saturated carbocycles. The fraction of sp³-hybridized carbons (Fsp3) is 0.779. The fourth-order valence-electron chi connectivity index (χ4n) is 11.0. The maximum atomic E-state index is 15.1. The minimum atomic E-state index is -2.13. The lowest BCUT2D eigenvalue weighted by molar-refractivity contribution is -0.157. The standard InChI is InChI=1S/C68H118N12O20/c1-15-17-18-19-20-21-42(82)33-53(84)70-46(28-35(3)4)60(91)72-44(23-26-54(85)86)59(90)80-57-41(14)100-68(99)45(24-27-55(87)88)73-66(97)56(40(13)16-2)79-64(95)50(32-39(11)12)74-58(89)43(22-25-52(69)83)71-61(92)47(29-36(5)6)76-65(96)51(34-81)78-63(94)48(30-37(7)8)75-62(93)49(31-38(9)10)77-67(57)98/h35-51,56-57,81-82H,15-34H2,1-14H3,(H2,69,83)(H,70,84)(H,71,92)(H,72,91)(H,73,97)(H,74,89)(H,75,93)(H,76,96)(H,77,98)(H,78,94)(H,79,95)(H,80,90)(H,85,86)(H,87,88)/t40-,41+,42-,43+,44+,45-,46+,47-,48+,49+,50-,51+,56-,57+/m0/s1. The van der Waals surface area contributed by atoms with Gasteiger partial charge in [0.2, 0.25) is 70.9 Å². The van der Waals surface area contributed by atoms with Crippen molar-refractivity contribution in [3.63, 3.8) is 0 Å². The summed E-state index contributed by atoms with van der Waals surface area (Å²) in [6, 6.07) is -18.2. The molecule has 1 aliphatic heterocycles. The van der Waals surface area contributed by atoms with Crippen molar-refractivity contribution < 1.29 is 97.1 Å². The van der Waals surface area contributed by atoms with Crippen molar-refractivity contribution in [2.75, 3.05) is 6.61 Å². The molecule has 1 heterocycles. The number of hydrogen-bond donors (Lipinski definition) is 16. The number of cyclic esters (lactones) is 1. The summed E-state index contributed by atoms with van der Waals surface area (Å²) in [5.41, 5.74) is 5.49. The van der Waals surface area contributed by atoms with Crippen LogP contribution in [0.1, 0.15) is 219 Å². The van der Waals surface area contributed by atoms with Gasteiger partial charge in [-0.05, 0) is 100 Å². The number of nitrogens with one attached hydrogen (secondary N) is 11. The number of aliphatic hydroxyl groups excluding tert-OH is 2. The lowest BCUT2D eigenvalue weighted by Crippen LogP contribution is -2.63. The molecule has 100 heavy (non-hydrogen) atoms. The highest BCUT2D eigenvalue weighted by Crippen LogP contribution is 2.18. The lowest BCUT2D eigenvalue weighted by atomic mass is 9.96. The van der Waals surface area contributed by atoms with Gasteiger partial charge in [0.25, 0.3) is 0 Å². The molecule has 0 spiro atoms. The molecule has 0 bridgehead atoms. The van der Waals surface area contributed by atoms with Crippen molar-refractivity contribution in [1.82, 2.24) is 58.5 Å². The average molecular weight is 1420 g/mol. The van der Waals surface area contributed by atoms with Gasteiger partial charge in [-0.2, -0.15) is 0 Å². The Bertz CT molecular complexity index is 2730. The smallest absolute Gasteiger partial charge is 0.329 e. The van der Waals surface area contributed by atoms with Crippen LogP contribution in [-0.4, -0.2) is 194 Å². The third-order valence-corrected chi connectivity index (χ3v) is 16.6. The lowest BCUT2D eigenvalue weighted by Gasteiger charge is -2.32. The number of primary amides is 1. The summed E-state index contributed by atoms with van der Waals surface area (Å²) in [7, 11) is 0. The van der Waals surface area contributed by atoms with Crippen LogP contribution in [0.4, 0.5) is 0 Å². The zero-order valence-corrected chi connectivity index (χ0v) is 61.0. The maximum Gasteiger partial charge on any atom is 0.329 e. The summed E-state index contributed by atoms with van der Waals surface area (Å²) in [6.07, 6.45) is -2.59. The highest BCUT2D eigenvalue weighted by Gasteiger charge is 2.41. The highest BCUT2D eigenvalue weighted by atomic mass is 16.5. The van der Waals surface area contributed by atoms with Crippen LogP contribution >= 0.6 is 0 Å². The highest BCUT2D eigenvalue weighted by molar-refractivity contribution is 6.00. The van der Waals surface area contributed by atoms with Crippen LogP contribution in [-0.2, 0) is 76.7 Å². The van der Waals surface area contributed by atoms with Crippen LogP contribution in [0.25, 0.3) is 0 Å². The first-order valence-corrected chi connectivity index (χ1v) is 35.3. The number of carbonyl (C=O) groups excluding carboxylic acids is 13. The zero-order chi connectivity index (χ0) is 76.3. The number of ether oxygens (including phenoxy) is 1. The molecule has 1 saturated heterocycles. The van der Waals surface area contributed by atoms with E-state index in [9.17, 15) is 87.5 Å². The maximum absolute atomic E-state index is 15.1. The van der Waals surface area contributed by atoms with Crippen LogP contribution in [0.3, 0.4) is 0 Å². The Morgan fingerprint density at radius 2 is 0.920 bits per heavy atom. The average Bonchev–Trinajstić information content (AvgIpc) is 0.839. The number of rotatable bonds is 35. The van der Waals surface area contributed by atoms with E-state index in [2.05, 4.69) is 65.4 Å². The number of esters is 1. The first-order chi connectivity index (χ1) is 46.7. The largest absolute Gasteiger partial charge is 0.481 e. The summed E-state index contributed by atoms with van der Waals surface area (Å²) in [5, 5.41) is 68.8. The topological polar surface area (TPSA) is 505 Å². The van der Waals surface area contributed by atoms with Crippen LogP contribution in [0.5, 0.6) is 0 Å². The molecular formula is C68H118N12O20. The van der Waals surface area contributed by atoms with Gasteiger partial charge in [-0.1, -0.05) is 129 Å². The van der Waals surface area contributed by atoms with Crippen molar-refractivity contribution in [3.8, 4) is 0 Å². The third-order valence-electron chi connectivity index (χ3n) is 16.6. The SMILES string of the molecule is CCCCCCC[C@H](O)CC(=O)N[C@H](CC(C)C)C(=O)N[C@H](CCC(=O)O)C(=O)N[C@H]1C(=O)N[C@H](CC(C)C)C(=O)N[C@H](CC(C)C)C(=O)N[C@H](CO)C(=O)N[C@@H](CC(C)C)C(=O)N[C@H](CCC(N)=O)C(=O)N[C@@H](CC(C)C)C(=O)N[C@@H]([C@@H](C)CC)C(=O)N[C@@H](CCC(=O)O)C(=O)O[C@@H]1C. The van der Waals surface area contributed by atoms with Crippen LogP contribution in [0.2, 0.25) is 0 Å². The molecule has 0 aromatic carbocycles. The van der Waals surface area contributed by atoms with Gasteiger partial charge in [0.15, 0.2) is 0 Å². The predicted octanol–water partition coefficient (Wildman–Crippen LogP) is 0.640. The normalized spacial score (nSPS) is 23.6. The molecule has 17 N–H and O–H groups in total. The molecular weight excluding hydrogens is 1300 g/mol. The van der Waals surface area contributed by atoms with Gasteiger partial charge >= 0.3 is 17.9 Å². The Balaban J connectivity index is 4.41. The minimum absolute atomic E-state index is 0.00658. The molecule has 1 aliphatic rings. The number of unbranched alkanes of at least 4 members (excludes halogenated alkanes) is 4. The summed E-state index contributed by atoms with van der Waals surface area (Å²) in [6.45, 7) is 22.4. The van der Waals surface area contributed by atoms with Gasteiger partial charge in [0, 0.05) is 19.3 Å². The van der Waals surface area contributed by atoms with Gasteiger partial charge in [0.1, 0.15) is 72.6 Å². The number of carboxylic acids is 2. The zero-order valence-electron chi connectivity index (χ0n) is 61.0. The molecule has 12 amide bonds. The third kappa shape index (κ3) is 35.3. The molecule has 570 valence electrons. The number of carboxylic acid groups (broad SMARTS) is 2. The summed E-state index contributed by atoms with van der Waals surface area (Å²) in [4.78, 5) is 210. The second-order valence-corrected chi connectivity index (χ2v) is 28.4. The van der Waals surface area contributed by atoms with Gasteiger partial charge < -0.3 is 89.4 Å². The number of aliphatic hydroxyl groups is 2. The van der Waals surface area contributed by atoms with E-state index in [4.69, 9.17) is 10.5 Å². The van der Waals surface area contributed by atoms with Gasteiger partial charge in [-0.25, -0.2) is 4.79 Å². The summed E-state index contributed by atoms with van der Waals surface area (Å²) in [5.74, 6) is -18.9. The molecule has 14 atom stereocenters. The molecule has 0 aromatic rings. The first-order valence-electron chi connectivity index (χ1n) is 35.3. The summed E-state index contributed by atoms with van der Waals surface area (Å²) < 4.78 is 5.83. The van der Waals surface area contributed by atoms with Crippen LogP contribution in [0.15, 0.2) is 0 Å². The second kappa shape index (κ2) is 46.4. The predicted molar refractivity (Wildman–Crippen MR) is 367 cm³/mol. The first kappa shape index (κ1) is 90.0. The van der Waals surface area contributed by atoms with E-state index < -0.39 is 224 Å². The van der Waals surface area contributed by atoms with Crippen molar-refractivity contribution in [2.45, 2.75) is 298 Å². The Morgan fingerprint density at radius 1 is 0.490 bits per heavy atom. The molecule has 0 aromatic heterocycles. The van der Waals surface area contributed by atoms with E-state index in [0.29, 0.717) is 12.8 Å². The van der Waals surface area contributed by atoms with E-state index >= 15 is 4.79 Å². The van der Waals surface area contributed by atoms with E-state index in [-0.39, 0.29) is 68.6 Å². The number of aliphatic carboxylic acids is 2. The Morgan fingerprint density at radius 3 is 1.37 bits per heavy atom. The van der Waals surface area contributed by atoms with Gasteiger partial charge in [-0.3, -0.25) is 67.1 Å². The van der Waals surface area contributed by atoms with E-state index in [1.165, 1.54) is 0 Å². The van der Waals surface area contributed by atoms with Crippen molar-refractivity contribution >= 4 is 88.8 Å². The molecule has 32 heteroatoms. The molecule has 32 nitrogen and oxygen atoms in total. The number of carbonyl (C=O) groups is 15. The quantitative estimate of drug-likeness (QED) is 0.0306.